The molecule has 0 N–H and O–H groups in total. The Morgan fingerprint density at radius 3 is 0.412 bits per heavy atom. The van der Waals surface area contributed by atoms with E-state index in [4.69, 9.17) is 0 Å². The third kappa shape index (κ3) is 12500. The van der Waals surface area contributed by atoms with Crippen molar-refractivity contribution in [2.24, 2.45) is 0 Å². The molecular weight excluding hydrogens is 403 g/mol. The largest absolute Gasteiger partial charge is 4.00 e. The molecule has 0 heterocycles. The van der Waals surface area contributed by atoms with Crippen LogP contribution >= 0.6 is 0 Å². The van der Waals surface area contributed by atoms with Gasteiger partial charge in [0.1, 0.15) is 0 Å². The van der Waals surface area contributed by atoms with E-state index in [-0.39, 0.29) is 21.1 Å². The van der Waals surface area contributed by atoms with Crippen LogP contribution in [0.3, 0.4) is 0 Å². The average molecular weight is 431 g/mol. The maximum Gasteiger partial charge on any atom is 4.00 e. The summed E-state index contributed by atoms with van der Waals surface area (Å²) in [7, 11) is 0. The first-order valence-electron chi connectivity index (χ1n) is 5.56. The van der Waals surface area contributed by atoms with E-state index in [0.29, 0.717) is 0 Å². The summed E-state index contributed by atoms with van der Waals surface area (Å²) in [4.78, 5) is 0. The second kappa shape index (κ2) is 25.4. The quantitative estimate of drug-likeness (QED) is 0.493. The third-order valence-electron chi connectivity index (χ3n) is 0. The summed E-state index contributed by atoms with van der Waals surface area (Å²) < 4.78 is 0. The maximum atomic E-state index is 9.53. The Morgan fingerprint density at radius 2 is 0.412 bits per heavy atom. The number of hydrogen-bond acceptors (Lipinski definition) is 4. The van der Waals surface area contributed by atoms with Crippen LogP contribution in [0.5, 0.6) is 0 Å². The van der Waals surface area contributed by atoms with Crippen LogP contribution in [0.1, 0.15) is 55.4 Å². The molecule has 17 heavy (non-hydrogen) atoms. The maximum absolute atomic E-state index is 9.53. The van der Waals surface area contributed by atoms with Gasteiger partial charge in [0.05, 0.1) is 0 Å². The Morgan fingerprint density at radius 1 is 0.412 bits per heavy atom. The molecule has 0 aliphatic carbocycles. The Labute approximate surface area is 121 Å². The molecule has 0 atom stereocenters. The van der Waals surface area contributed by atoms with Gasteiger partial charge < -0.3 is 20.4 Å². The Balaban J connectivity index is -0.0000000369. The summed E-state index contributed by atoms with van der Waals surface area (Å²) >= 11 is 0. The van der Waals surface area contributed by atoms with Crippen molar-refractivity contribution in [1.82, 2.24) is 0 Å². The minimum absolute atomic E-state index is 0. The Kier molecular flexibility index (Phi) is 45.6. The smallest absolute Gasteiger partial charge is 0.852 e. The second-order valence-electron chi connectivity index (χ2n) is 4.20. The van der Waals surface area contributed by atoms with Crippen LogP contribution < -0.4 is 20.4 Å². The second-order valence-corrected chi connectivity index (χ2v) is 4.20. The normalized spacial score (nSPS) is 8.47. The zero-order valence-electron chi connectivity index (χ0n) is 12.3. The van der Waals surface area contributed by atoms with Gasteiger partial charge in [-0.05, 0) is 0 Å². The van der Waals surface area contributed by atoms with Crippen molar-refractivity contribution in [3.63, 3.8) is 0 Å². The Hall–Kier alpha value is 0.528. The van der Waals surface area contributed by atoms with E-state index in [2.05, 4.69) is 0 Å². The van der Waals surface area contributed by atoms with Gasteiger partial charge in [0.25, 0.3) is 0 Å². The standard InChI is InChI=1S/4C3H7O.Pt/c4*1-3(2)4;/h4*3H,1-2H3;/q4*-1;+4. The van der Waals surface area contributed by atoms with Gasteiger partial charge in [-0.1, -0.05) is 55.4 Å². The summed E-state index contributed by atoms with van der Waals surface area (Å²) in [6.45, 7) is 12.9. The summed E-state index contributed by atoms with van der Waals surface area (Å²) in [6, 6.07) is 0. The molecule has 0 aliphatic rings. The van der Waals surface area contributed by atoms with E-state index in [1.807, 2.05) is 0 Å². The van der Waals surface area contributed by atoms with Crippen molar-refractivity contribution in [2.45, 2.75) is 79.8 Å². The molecule has 5 heteroatoms. The van der Waals surface area contributed by atoms with Crippen molar-refractivity contribution in [3.05, 3.63) is 0 Å². The van der Waals surface area contributed by atoms with Crippen molar-refractivity contribution in [1.29, 1.82) is 0 Å². The van der Waals surface area contributed by atoms with Crippen molar-refractivity contribution in [3.8, 4) is 0 Å². The first kappa shape index (κ1) is 30.5. The molecule has 0 radical (unpaired) electrons. The average Bonchev–Trinajstić information content (AvgIpc) is 1.76. The van der Waals surface area contributed by atoms with Crippen molar-refractivity contribution in [2.75, 3.05) is 0 Å². The van der Waals surface area contributed by atoms with Gasteiger partial charge in [0.2, 0.25) is 0 Å². The number of rotatable bonds is 0. The molecule has 0 aromatic heterocycles. The van der Waals surface area contributed by atoms with E-state index in [1.165, 1.54) is 0 Å². The first-order chi connectivity index (χ1) is 6.93. The van der Waals surface area contributed by atoms with Crippen LogP contribution in [0.2, 0.25) is 0 Å². The monoisotopic (exact) mass is 431 g/mol. The van der Waals surface area contributed by atoms with Gasteiger partial charge in [0.15, 0.2) is 0 Å². The van der Waals surface area contributed by atoms with Gasteiger partial charge in [-0.15, -0.1) is 24.4 Å². The van der Waals surface area contributed by atoms with Crippen LogP contribution in [0, 0.1) is 0 Å². The summed E-state index contributed by atoms with van der Waals surface area (Å²) in [5.74, 6) is 0. The van der Waals surface area contributed by atoms with Gasteiger partial charge in [-0.2, -0.15) is 0 Å². The van der Waals surface area contributed by atoms with E-state index in [1.54, 1.807) is 55.4 Å². The van der Waals surface area contributed by atoms with Crippen LogP contribution in [0.4, 0.5) is 0 Å². The molecule has 0 unspecified atom stereocenters. The van der Waals surface area contributed by atoms with Crippen molar-refractivity contribution < 1.29 is 41.5 Å². The van der Waals surface area contributed by atoms with Crippen LogP contribution in [0.25, 0.3) is 0 Å². The molecule has 110 valence electrons. The molecule has 0 bridgehead atoms. The minimum atomic E-state index is -0.417. The zero-order chi connectivity index (χ0) is 14.3. The fraction of sp³-hybridized carbons (Fsp3) is 1.00. The molecule has 0 spiro atoms. The molecule has 0 aliphatic heterocycles. The molecule has 0 rings (SSSR count). The van der Waals surface area contributed by atoms with Gasteiger partial charge in [-0.25, -0.2) is 0 Å². The fourth-order valence-corrected chi connectivity index (χ4v) is 0. The summed E-state index contributed by atoms with van der Waals surface area (Å²) in [5.41, 5.74) is 0. The van der Waals surface area contributed by atoms with E-state index >= 15 is 0 Å². The van der Waals surface area contributed by atoms with Gasteiger partial charge in [-0.3, -0.25) is 0 Å². The van der Waals surface area contributed by atoms with Crippen LogP contribution in [0.15, 0.2) is 0 Å². The summed E-state index contributed by atoms with van der Waals surface area (Å²) in [5, 5.41) is 38.1. The van der Waals surface area contributed by atoms with E-state index < -0.39 is 24.4 Å². The molecular formula is C12H28O4Pt. The van der Waals surface area contributed by atoms with E-state index in [9.17, 15) is 20.4 Å². The predicted octanol–water partition coefficient (Wildman–Crippen LogP) is -0.982. The SMILES string of the molecule is CC(C)[O-].CC(C)[O-].CC(C)[O-].CC(C)[O-].[Pt+4]. The molecule has 0 saturated heterocycles. The van der Waals surface area contributed by atoms with E-state index in [0.717, 1.165) is 0 Å². The fourth-order valence-electron chi connectivity index (χ4n) is 0. The number of hydrogen-bond donors (Lipinski definition) is 0. The Bertz CT molecular complexity index is 61.5. The molecule has 0 saturated carbocycles. The van der Waals surface area contributed by atoms with Gasteiger partial charge in [0, 0.05) is 0 Å². The molecule has 0 aromatic carbocycles. The molecule has 0 amide bonds. The van der Waals surface area contributed by atoms with Crippen LogP contribution in [-0.4, -0.2) is 24.4 Å². The topological polar surface area (TPSA) is 92.2 Å². The zero-order valence-corrected chi connectivity index (χ0v) is 14.5. The predicted molar refractivity (Wildman–Crippen MR) is 60.5 cm³/mol. The van der Waals surface area contributed by atoms with Gasteiger partial charge >= 0.3 is 21.1 Å². The summed E-state index contributed by atoms with van der Waals surface area (Å²) in [6.07, 6.45) is -1.67. The van der Waals surface area contributed by atoms with Crippen LogP contribution in [-0.2, 0) is 21.1 Å². The first-order valence-corrected chi connectivity index (χ1v) is 5.56. The third-order valence-corrected chi connectivity index (χ3v) is 0. The molecule has 4 nitrogen and oxygen atoms in total. The minimum Gasteiger partial charge on any atom is -0.852 e. The molecule has 0 aromatic rings. The van der Waals surface area contributed by atoms with Crippen molar-refractivity contribution >= 4 is 0 Å². The molecule has 0 fully saturated rings.